The molecule has 146 valence electrons. The third-order valence-corrected chi connectivity index (χ3v) is 5.37. The van der Waals surface area contributed by atoms with Crippen molar-refractivity contribution in [3.8, 4) is 11.5 Å². The number of rotatable bonds is 5. The lowest BCUT2D eigenvalue weighted by atomic mass is 10.0. The SMILES string of the molecule is COc1ccc(OC)c(CC(=O)N2CCC(n3cnc4cccnc43)CC2)c1. The molecule has 1 aliphatic heterocycles. The Labute approximate surface area is 163 Å². The molecule has 0 spiro atoms. The number of nitrogens with zero attached hydrogens (tertiary/aromatic N) is 4. The van der Waals surface area contributed by atoms with Crippen LogP contribution in [0.15, 0.2) is 42.9 Å². The molecule has 0 bridgehead atoms. The van der Waals surface area contributed by atoms with Crippen LogP contribution >= 0.6 is 0 Å². The number of amides is 1. The summed E-state index contributed by atoms with van der Waals surface area (Å²) in [6.45, 7) is 1.45. The molecule has 7 nitrogen and oxygen atoms in total. The average Bonchev–Trinajstić information content (AvgIpc) is 3.18. The molecule has 28 heavy (non-hydrogen) atoms. The summed E-state index contributed by atoms with van der Waals surface area (Å²) in [5.74, 6) is 1.54. The molecule has 1 fully saturated rings. The normalized spacial score (nSPS) is 15.0. The van der Waals surface area contributed by atoms with Crippen LogP contribution in [-0.2, 0) is 11.2 Å². The van der Waals surface area contributed by atoms with Crippen LogP contribution in [0.4, 0.5) is 0 Å². The van der Waals surface area contributed by atoms with Crippen molar-refractivity contribution in [2.45, 2.75) is 25.3 Å². The van der Waals surface area contributed by atoms with Gasteiger partial charge in [0.1, 0.15) is 17.0 Å². The molecule has 4 rings (SSSR count). The van der Waals surface area contributed by atoms with E-state index in [9.17, 15) is 4.79 Å². The average molecular weight is 380 g/mol. The van der Waals surface area contributed by atoms with E-state index < -0.39 is 0 Å². The number of aromatic nitrogens is 3. The second kappa shape index (κ2) is 7.88. The maximum atomic E-state index is 12.8. The molecule has 0 radical (unpaired) electrons. The van der Waals surface area contributed by atoms with Crippen LogP contribution in [0.5, 0.6) is 11.5 Å². The van der Waals surface area contributed by atoms with Gasteiger partial charge in [-0.3, -0.25) is 4.79 Å². The first-order valence-electron chi connectivity index (χ1n) is 9.46. The van der Waals surface area contributed by atoms with Crippen LogP contribution < -0.4 is 9.47 Å². The number of imidazole rings is 1. The zero-order chi connectivity index (χ0) is 19.5. The quantitative estimate of drug-likeness (QED) is 0.681. The monoisotopic (exact) mass is 380 g/mol. The molecule has 3 aromatic rings. The van der Waals surface area contributed by atoms with Crippen molar-refractivity contribution < 1.29 is 14.3 Å². The second-order valence-electron chi connectivity index (χ2n) is 6.96. The minimum absolute atomic E-state index is 0.110. The lowest BCUT2D eigenvalue weighted by molar-refractivity contribution is -0.131. The van der Waals surface area contributed by atoms with Gasteiger partial charge < -0.3 is 18.9 Å². The van der Waals surface area contributed by atoms with Crippen molar-refractivity contribution in [1.29, 1.82) is 0 Å². The van der Waals surface area contributed by atoms with E-state index in [4.69, 9.17) is 9.47 Å². The number of hydrogen-bond donors (Lipinski definition) is 0. The number of benzene rings is 1. The zero-order valence-electron chi connectivity index (χ0n) is 16.2. The van der Waals surface area contributed by atoms with Gasteiger partial charge in [-0.15, -0.1) is 0 Å². The van der Waals surface area contributed by atoms with Gasteiger partial charge in [0.25, 0.3) is 0 Å². The number of likely N-dealkylation sites (tertiary alicyclic amines) is 1. The Morgan fingerprint density at radius 3 is 2.71 bits per heavy atom. The van der Waals surface area contributed by atoms with Gasteiger partial charge in [-0.1, -0.05) is 0 Å². The van der Waals surface area contributed by atoms with Crippen molar-refractivity contribution >= 4 is 17.1 Å². The summed E-state index contributed by atoms with van der Waals surface area (Å²) >= 11 is 0. The minimum atomic E-state index is 0.110. The van der Waals surface area contributed by atoms with E-state index in [0.29, 0.717) is 18.2 Å². The van der Waals surface area contributed by atoms with Gasteiger partial charge in [-0.2, -0.15) is 0 Å². The summed E-state index contributed by atoms with van der Waals surface area (Å²) in [4.78, 5) is 23.7. The molecule has 0 N–H and O–H groups in total. The van der Waals surface area contributed by atoms with Crippen molar-refractivity contribution in [3.63, 3.8) is 0 Å². The van der Waals surface area contributed by atoms with E-state index in [0.717, 1.165) is 48.4 Å². The highest BCUT2D eigenvalue weighted by Crippen LogP contribution is 2.28. The fourth-order valence-corrected chi connectivity index (χ4v) is 3.82. The summed E-state index contributed by atoms with van der Waals surface area (Å²) in [6, 6.07) is 9.72. The summed E-state index contributed by atoms with van der Waals surface area (Å²) in [5.41, 5.74) is 2.67. The molecular formula is C21H24N4O3. The molecule has 1 amide bonds. The largest absolute Gasteiger partial charge is 0.497 e. The first-order valence-corrected chi connectivity index (χ1v) is 9.46. The Morgan fingerprint density at radius 2 is 1.96 bits per heavy atom. The summed E-state index contributed by atoms with van der Waals surface area (Å²) in [5, 5.41) is 0. The first-order chi connectivity index (χ1) is 13.7. The van der Waals surface area contributed by atoms with E-state index in [2.05, 4.69) is 14.5 Å². The molecule has 2 aromatic heterocycles. The van der Waals surface area contributed by atoms with Gasteiger partial charge in [-0.25, -0.2) is 9.97 Å². The van der Waals surface area contributed by atoms with Gasteiger partial charge >= 0.3 is 0 Å². The Hall–Kier alpha value is -3.09. The number of fused-ring (bicyclic) bond motifs is 1. The molecule has 1 aromatic carbocycles. The van der Waals surface area contributed by atoms with Gasteiger partial charge in [0.2, 0.25) is 5.91 Å². The van der Waals surface area contributed by atoms with E-state index in [1.807, 2.05) is 41.6 Å². The fraction of sp³-hybridized carbons (Fsp3) is 0.381. The predicted molar refractivity (Wildman–Crippen MR) is 106 cm³/mol. The molecular weight excluding hydrogens is 356 g/mol. The Kier molecular flexibility index (Phi) is 5.14. The molecule has 0 saturated carbocycles. The van der Waals surface area contributed by atoms with Crippen molar-refractivity contribution in [1.82, 2.24) is 19.4 Å². The number of methoxy groups -OCH3 is 2. The number of ether oxygens (including phenoxy) is 2. The van der Waals surface area contributed by atoms with Crippen LogP contribution in [0.2, 0.25) is 0 Å². The van der Waals surface area contributed by atoms with Crippen LogP contribution in [0.3, 0.4) is 0 Å². The fourth-order valence-electron chi connectivity index (χ4n) is 3.82. The van der Waals surface area contributed by atoms with Crippen LogP contribution in [0, 0.1) is 0 Å². The summed E-state index contributed by atoms with van der Waals surface area (Å²) < 4.78 is 12.8. The van der Waals surface area contributed by atoms with E-state index in [1.165, 1.54) is 0 Å². The molecule has 1 saturated heterocycles. The van der Waals surface area contributed by atoms with Crippen LogP contribution in [0.25, 0.3) is 11.2 Å². The lowest BCUT2D eigenvalue weighted by Crippen LogP contribution is -2.39. The molecule has 1 aliphatic rings. The molecule has 0 aliphatic carbocycles. The lowest BCUT2D eigenvalue weighted by Gasteiger charge is -2.33. The molecule has 0 unspecified atom stereocenters. The zero-order valence-corrected chi connectivity index (χ0v) is 16.2. The van der Waals surface area contributed by atoms with E-state index in [-0.39, 0.29) is 5.91 Å². The number of carbonyl (C=O) groups is 1. The number of carbonyl (C=O) groups excluding carboxylic acids is 1. The van der Waals surface area contributed by atoms with Crippen molar-refractivity contribution in [3.05, 3.63) is 48.4 Å². The van der Waals surface area contributed by atoms with Gasteiger partial charge in [0.15, 0.2) is 5.65 Å². The number of pyridine rings is 1. The molecule has 0 atom stereocenters. The predicted octanol–water partition coefficient (Wildman–Crippen LogP) is 2.85. The van der Waals surface area contributed by atoms with Crippen LogP contribution in [0.1, 0.15) is 24.4 Å². The standard InChI is InChI=1S/C21H24N4O3/c1-27-17-5-6-19(28-2)15(12-17)13-20(26)24-10-7-16(8-11-24)25-14-23-18-4-3-9-22-21(18)25/h3-6,9,12,14,16H,7-8,10-11,13H2,1-2H3. The Morgan fingerprint density at radius 1 is 1.14 bits per heavy atom. The maximum Gasteiger partial charge on any atom is 0.227 e. The minimum Gasteiger partial charge on any atom is -0.497 e. The Balaban J connectivity index is 1.42. The van der Waals surface area contributed by atoms with Gasteiger partial charge in [0.05, 0.1) is 27.0 Å². The van der Waals surface area contributed by atoms with Gasteiger partial charge in [0, 0.05) is 30.9 Å². The number of hydrogen-bond acceptors (Lipinski definition) is 5. The summed E-state index contributed by atoms with van der Waals surface area (Å²) in [6.07, 6.45) is 5.74. The van der Waals surface area contributed by atoms with Crippen molar-refractivity contribution in [2.75, 3.05) is 27.3 Å². The third-order valence-electron chi connectivity index (χ3n) is 5.37. The maximum absolute atomic E-state index is 12.8. The highest BCUT2D eigenvalue weighted by Gasteiger charge is 2.25. The smallest absolute Gasteiger partial charge is 0.227 e. The highest BCUT2D eigenvalue weighted by molar-refractivity contribution is 5.80. The summed E-state index contributed by atoms with van der Waals surface area (Å²) in [7, 11) is 3.23. The van der Waals surface area contributed by atoms with Crippen molar-refractivity contribution in [2.24, 2.45) is 0 Å². The van der Waals surface area contributed by atoms with E-state index in [1.54, 1.807) is 20.4 Å². The van der Waals surface area contributed by atoms with Crippen LogP contribution in [-0.4, -0.2) is 52.7 Å². The third kappa shape index (κ3) is 3.52. The topological polar surface area (TPSA) is 69.5 Å². The number of piperidine rings is 1. The molecule has 3 heterocycles. The highest BCUT2D eigenvalue weighted by atomic mass is 16.5. The Bertz CT molecular complexity index is 977. The van der Waals surface area contributed by atoms with Gasteiger partial charge in [-0.05, 0) is 43.2 Å². The second-order valence-corrected chi connectivity index (χ2v) is 6.96. The van der Waals surface area contributed by atoms with E-state index >= 15 is 0 Å². The first kappa shape index (κ1) is 18.3. The molecule has 7 heteroatoms.